The number of hydrogen-bond acceptors (Lipinski definition) is 2. The fourth-order valence-corrected chi connectivity index (χ4v) is 2.03. The molecule has 2 heteroatoms. The quantitative estimate of drug-likeness (QED) is 0.709. The lowest BCUT2D eigenvalue weighted by Gasteiger charge is -2.35. The molecule has 1 saturated carbocycles. The topological polar surface area (TPSA) is 21.3 Å². The Bertz CT molecular complexity index is 154. The lowest BCUT2D eigenvalue weighted by Crippen LogP contribution is -2.47. The van der Waals surface area contributed by atoms with E-state index in [1.165, 1.54) is 19.3 Å². The fraction of sp³-hybridized carbons (Fsp3) is 1.00. The van der Waals surface area contributed by atoms with Gasteiger partial charge in [0.1, 0.15) is 0 Å². The largest absolute Gasteiger partial charge is 0.383 e. The maximum atomic E-state index is 5.24. The van der Waals surface area contributed by atoms with E-state index in [0.717, 1.165) is 12.5 Å². The Kier molecular flexibility index (Phi) is 4.90. The molecular formula is C12H25NO. The average Bonchev–Trinajstić information content (AvgIpc) is 1.99. The zero-order valence-electron chi connectivity index (χ0n) is 10.0. The van der Waals surface area contributed by atoms with Crippen molar-refractivity contribution in [2.24, 2.45) is 11.8 Å². The van der Waals surface area contributed by atoms with E-state index >= 15 is 0 Å². The number of nitrogens with one attached hydrogen (secondary N) is 1. The number of hydrogen-bond donors (Lipinski definition) is 1. The minimum Gasteiger partial charge on any atom is -0.383 e. The molecule has 0 radical (unpaired) electrons. The van der Waals surface area contributed by atoms with Gasteiger partial charge in [0.05, 0.1) is 6.61 Å². The second-order valence-electron chi connectivity index (χ2n) is 4.95. The van der Waals surface area contributed by atoms with Gasteiger partial charge >= 0.3 is 0 Å². The van der Waals surface area contributed by atoms with Gasteiger partial charge < -0.3 is 10.1 Å². The summed E-state index contributed by atoms with van der Waals surface area (Å²) in [6, 6.07) is 1.17. The summed E-state index contributed by atoms with van der Waals surface area (Å²) in [6.07, 6.45) is 4.24. The van der Waals surface area contributed by atoms with Gasteiger partial charge in [-0.25, -0.2) is 0 Å². The number of rotatable bonds is 6. The van der Waals surface area contributed by atoms with Gasteiger partial charge in [-0.3, -0.25) is 0 Å². The maximum Gasteiger partial charge on any atom is 0.0618 e. The molecule has 0 bridgehead atoms. The molecule has 2 unspecified atom stereocenters. The molecule has 84 valence electrons. The van der Waals surface area contributed by atoms with E-state index in [4.69, 9.17) is 4.74 Å². The zero-order valence-corrected chi connectivity index (χ0v) is 10.0. The minimum atomic E-state index is 0.510. The first kappa shape index (κ1) is 12.0. The van der Waals surface area contributed by atoms with Crippen molar-refractivity contribution in [3.63, 3.8) is 0 Å². The normalized spacial score (nSPS) is 22.1. The lowest BCUT2D eigenvalue weighted by atomic mass is 9.80. The smallest absolute Gasteiger partial charge is 0.0618 e. The van der Waals surface area contributed by atoms with Crippen molar-refractivity contribution < 1.29 is 4.74 Å². The molecule has 1 rings (SSSR count). The van der Waals surface area contributed by atoms with Gasteiger partial charge in [-0.05, 0) is 31.6 Å². The number of ether oxygens (including phenoxy) is 1. The van der Waals surface area contributed by atoms with E-state index in [2.05, 4.69) is 26.1 Å². The summed E-state index contributed by atoms with van der Waals surface area (Å²) >= 11 is 0. The second-order valence-corrected chi connectivity index (χ2v) is 4.95. The molecule has 14 heavy (non-hydrogen) atoms. The molecule has 0 saturated heterocycles. The third-order valence-electron chi connectivity index (χ3n) is 3.48. The standard InChI is InChI=1S/C12H25NO/c1-9(2)12(8-14-4)13-10(3)11-6-5-7-11/h9-13H,5-8H2,1-4H3. The molecule has 1 fully saturated rings. The molecule has 0 heterocycles. The van der Waals surface area contributed by atoms with Crippen LogP contribution in [0.1, 0.15) is 40.0 Å². The summed E-state index contributed by atoms with van der Waals surface area (Å²) in [7, 11) is 1.78. The van der Waals surface area contributed by atoms with E-state index < -0.39 is 0 Å². The van der Waals surface area contributed by atoms with Gasteiger partial charge in [0, 0.05) is 19.2 Å². The first-order valence-corrected chi connectivity index (χ1v) is 5.90. The molecule has 1 aliphatic carbocycles. The Morgan fingerprint density at radius 2 is 1.93 bits per heavy atom. The Morgan fingerprint density at radius 1 is 1.29 bits per heavy atom. The Hall–Kier alpha value is -0.0800. The molecule has 0 aliphatic heterocycles. The van der Waals surface area contributed by atoms with Crippen LogP contribution >= 0.6 is 0 Å². The van der Waals surface area contributed by atoms with Crippen molar-refractivity contribution in [2.75, 3.05) is 13.7 Å². The van der Waals surface area contributed by atoms with E-state index in [1.54, 1.807) is 7.11 Å². The van der Waals surface area contributed by atoms with Crippen LogP contribution in [0.2, 0.25) is 0 Å². The van der Waals surface area contributed by atoms with Crippen LogP contribution < -0.4 is 5.32 Å². The van der Waals surface area contributed by atoms with Crippen molar-refractivity contribution in [1.29, 1.82) is 0 Å². The Balaban J connectivity index is 2.29. The van der Waals surface area contributed by atoms with Crippen LogP contribution in [0.15, 0.2) is 0 Å². The summed E-state index contributed by atoms with van der Waals surface area (Å²) in [5.41, 5.74) is 0. The zero-order chi connectivity index (χ0) is 10.6. The SMILES string of the molecule is COCC(NC(C)C1CCC1)C(C)C. The lowest BCUT2D eigenvalue weighted by molar-refractivity contribution is 0.125. The van der Waals surface area contributed by atoms with E-state index in [0.29, 0.717) is 18.0 Å². The van der Waals surface area contributed by atoms with Crippen LogP contribution in [0.3, 0.4) is 0 Å². The highest BCUT2D eigenvalue weighted by Crippen LogP contribution is 2.29. The second kappa shape index (κ2) is 5.72. The van der Waals surface area contributed by atoms with Crippen molar-refractivity contribution in [3.05, 3.63) is 0 Å². The Morgan fingerprint density at radius 3 is 2.29 bits per heavy atom. The van der Waals surface area contributed by atoms with E-state index in [9.17, 15) is 0 Å². The molecule has 0 aromatic rings. The van der Waals surface area contributed by atoms with Crippen LogP contribution in [0.4, 0.5) is 0 Å². The summed E-state index contributed by atoms with van der Waals surface area (Å²) in [5, 5.41) is 3.69. The predicted molar refractivity (Wildman–Crippen MR) is 60.4 cm³/mol. The minimum absolute atomic E-state index is 0.510. The Labute approximate surface area is 88.4 Å². The van der Waals surface area contributed by atoms with Crippen LogP contribution in [-0.2, 0) is 4.74 Å². The van der Waals surface area contributed by atoms with Crippen molar-refractivity contribution in [3.8, 4) is 0 Å². The summed E-state index contributed by atoms with van der Waals surface area (Å²) in [5.74, 6) is 1.56. The molecule has 2 nitrogen and oxygen atoms in total. The highest BCUT2D eigenvalue weighted by Gasteiger charge is 2.26. The van der Waals surface area contributed by atoms with Crippen molar-refractivity contribution in [2.45, 2.75) is 52.1 Å². The highest BCUT2D eigenvalue weighted by atomic mass is 16.5. The third kappa shape index (κ3) is 3.25. The van der Waals surface area contributed by atoms with Gasteiger partial charge in [-0.15, -0.1) is 0 Å². The third-order valence-corrected chi connectivity index (χ3v) is 3.48. The highest BCUT2D eigenvalue weighted by molar-refractivity contribution is 4.83. The summed E-state index contributed by atoms with van der Waals surface area (Å²) in [4.78, 5) is 0. The van der Waals surface area contributed by atoms with Crippen molar-refractivity contribution in [1.82, 2.24) is 5.32 Å². The van der Waals surface area contributed by atoms with Crippen LogP contribution in [0, 0.1) is 11.8 Å². The van der Waals surface area contributed by atoms with Gasteiger partial charge in [-0.1, -0.05) is 20.3 Å². The van der Waals surface area contributed by atoms with Crippen molar-refractivity contribution >= 4 is 0 Å². The van der Waals surface area contributed by atoms with Gasteiger partial charge in [0.25, 0.3) is 0 Å². The average molecular weight is 199 g/mol. The maximum absolute atomic E-state index is 5.24. The van der Waals surface area contributed by atoms with Crippen LogP contribution in [0.25, 0.3) is 0 Å². The molecule has 0 aromatic carbocycles. The van der Waals surface area contributed by atoms with Gasteiger partial charge in [-0.2, -0.15) is 0 Å². The van der Waals surface area contributed by atoms with Gasteiger partial charge in [0.2, 0.25) is 0 Å². The first-order valence-electron chi connectivity index (χ1n) is 5.90. The molecule has 0 spiro atoms. The molecule has 0 aromatic heterocycles. The fourth-order valence-electron chi connectivity index (χ4n) is 2.03. The summed E-state index contributed by atoms with van der Waals surface area (Å²) in [6.45, 7) is 7.65. The molecule has 1 N–H and O–H groups in total. The number of methoxy groups -OCH3 is 1. The molecular weight excluding hydrogens is 174 g/mol. The van der Waals surface area contributed by atoms with E-state index in [1.807, 2.05) is 0 Å². The molecule has 2 atom stereocenters. The first-order chi connectivity index (χ1) is 6.65. The molecule has 0 amide bonds. The van der Waals surface area contributed by atoms with Crippen LogP contribution in [-0.4, -0.2) is 25.8 Å². The van der Waals surface area contributed by atoms with Gasteiger partial charge in [0.15, 0.2) is 0 Å². The van der Waals surface area contributed by atoms with Crippen LogP contribution in [0.5, 0.6) is 0 Å². The summed E-state index contributed by atoms with van der Waals surface area (Å²) < 4.78 is 5.24. The predicted octanol–water partition coefficient (Wildman–Crippen LogP) is 2.44. The monoisotopic (exact) mass is 199 g/mol. The molecule has 1 aliphatic rings. The van der Waals surface area contributed by atoms with E-state index in [-0.39, 0.29) is 0 Å².